The largest absolute Gasteiger partial charge is 0.480 e. The zero-order valence-corrected chi connectivity index (χ0v) is 11.8. The number of aromatic nitrogens is 1. The van der Waals surface area contributed by atoms with Gasteiger partial charge in [-0.2, -0.15) is 0 Å². The van der Waals surface area contributed by atoms with E-state index >= 15 is 0 Å². The van der Waals surface area contributed by atoms with Gasteiger partial charge in [-0.25, -0.2) is 0 Å². The highest BCUT2D eigenvalue weighted by Crippen LogP contribution is 2.18. The average Bonchev–Trinajstić information content (AvgIpc) is 2.82. The monoisotopic (exact) mass is 289 g/mol. The minimum absolute atomic E-state index is 0.347. The van der Waals surface area contributed by atoms with Gasteiger partial charge >= 0.3 is 5.97 Å². The number of para-hydroxylation sites is 1. The molecular formula is C15H19N3O3. The highest BCUT2D eigenvalue weighted by molar-refractivity contribution is 5.90. The molecule has 1 atom stereocenters. The maximum atomic E-state index is 10.6. The van der Waals surface area contributed by atoms with Crippen LogP contribution in [-0.2, 0) is 16.0 Å². The van der Waals surface area contributed by atoms with Crippen LogP contribution < -0.4 is 11.5 Å². The quantitative estimate of drug-likeness (QED) is 0.631. The van der Waals surface area contributed by atoms with Gasteiger partial charge in [0.25, 0.3) is 0 Å². The summed E-state index contributed by atoms with van der Waals surface area (Å²) in [4.78, 5) is 23.5. The Hall–Kier alpha value is -2.60. The van der Waals surface area contributed by atoms with Crippen molar-refractivity contribution >= 4 is 22.8 Å². The molecule has 0 aliphatic heterocycles. The first kappa shape index (κ1) is 16.5. The Labute approximate surface area is 122 Å². The predicted molar refractivity (Wildman–Crippen MR) is 81.6 cm³/mol. The van der Waals surface area contributed by atoms with E-state index < -0.39 is 17.9 Å². The molecule has 6 nitrogen and oxygen atoms in total. The van der Waals surface area contributed by atoms with E-state index in [1.807, 2.05) is 30.5 Å². The number of carbonyl (C=O) groups is 2. The molecule has 1 aromatic heterocycles. The summed E-state index contributed by atoms with van der Waals surface area (Å²) in [7, 11) is 0. The number of carboxylic acid groups (broad SMARTS) is 1. The van der Waals surface area contributed by atoms with Crippen molar-refractivity contribution in [1.29, 1.82) is 0 Å². The van der Waals surface area contributed by atoms with Crippen LogP contribution in [0.2, 0.25) is 0 Å². The van der Waals surface area contributed by atoms with Gasteiger partial charge in [-0.15, -0.1) is 0 Å². The van der Waals surface area contributed by atoms with Crippen LogP contribution in [0, 0.1) is 0 Å². The summed E-state index contributed by atoms with van der Waals surface area (Å²) in [5.74, 6) is -1.41. The zero-order chi connectivity index (χ0) is 16.0. The molecule has 2 aromatic rings. The highest BCUT2D eigenvalue weighted by atomic mass is 16.4. The van der Waals surface area contributed by atoms with Gasteiger partial charge < -0.3 is 21.6 Å². The van der Waals surface area contributed by atoms with E-state index in [0.717, 1.165) is 16.5 Å². The normalized spacial score (nSPS) is 11.3. The van der Waals surface area contributed by atoms with Crippen molar-refractivity contribution in [3.8, 4) is 0 Å². The first-order valence-electron chi connectivity index (χ1n) is 6.31. The summed E-state index contributed by atoms with van der Waals surface area (Å²) < 4.78 is 0. The number of nitrogens with two attached hydrogens (primary N) is 2. The maximum absolute atomic E-state index is 10.6. The molecule has 0 saturated heterocycles. The van der Waals surface area contributed by atoms with Crippen LogP contribution in [-0.4, -0.2) is 28.0 Å². The lowest BCUT2D eigenvalue weighted by Gasteiger charge is -2.04. The Morgan fingerprint density at radius 2 is 1.95 bits per heavy atom. The number of aliphatic carboxylic acids is 1. The number of rotatable bonds is 4. The van der Waals surface area contributed by atoms with Crippen LogP contribution in [0.25, 0.3) is 10.9 Å². The standard InChI is InChI=1S/C11H12N2O2.C4H7NO/c12-9(11(14)15)5-7-6-13-10-4-2-1-3-8(7)10;1-3(2)4(5)6/h1-4,6,9,13H,5,12H2,(H,14,15);1H2,2H3,(H2,5,6)/t9-;/m1./s1. The van der Waals surface area contributed by atoms with E-state index in [0.29, 0.717) is 12.0 Å². The van der Waals surface area contributed by atoms with Gasteiger partial charge in [0.2, 0.25) is 5.91 Å². The molecule has 1 heterocycles. The van der Waals surface area contributed by atoms with Crippen LogP contribution in [0.1, 0.15) is 12.5 Å². The highest BCUT2D eigenvalue weighted by Gasteiger charge is 2.14. The van der Waals surface area contributed by atoms with Crippen molar-refractivity contribution in [2.45, 2.75) is 19.4 Å². The Balaban J connectivity index is 0.000000315. The van der Waals surface area contributed by atoms with Gasteiger partial charge in [-0.1, -0.05) is 24.8 Å². The maximum Gasteiger partial charge on any atom is 0.320 e. The van der Waals surface area contributed by atoms with Gasteiger partial charge in [-0.3, -0.25) is 9.59 Å². The summed E-state index contributed by atoms with van der Waals surface area (Å²) in [6.07, 6.45) is 2.16. The summed E-state index contributed by atoms with van der Waals surface area (Å²) in [5, 5.41) is 9.75. The zero-order valence-electron chi connectivity index (χ0n) is 11.8. The molecule has 0 aliphatic carbocycles. The van der Waals surface area contributed by atoms with E-state index in [2.05, 4.69) is 11.6 Å². The minimum Gasteiger partial charge on any atom is -0.480 e. The molecule has 2 rings (SSSR count). The second-order valence-electron chi connectivity index (χ2n) is 4.65. The van der Waals surface area contributed by atoms with Gasteiger partial charge in [0.1, 0.15) is 6.04 Å². The predicted octanol–water partition coefficient (Wildman–Crippen LogP) is 1.17. The van der Waals surface area contributed by atoms with E-state index in [-0.39, 0.29) is 0 Å². The lowest BCUT2D eigenvalue weighted by molar-refractivity contribution is -0.138. The molecular weight excluding hydrogens is 270 g/mol. The number of aromatic amines is 1. The number of fused-ring (bicyclic) bond motifs is 1. The molecule has 6 N–H and O–H groups in total. The fourth-order valence-electron chi connectivity index (χ4n) is 1.62. The third-order valence-electron chi connectivity index (χ3n) is 2.85. The van der Waals surface area contributed by atoms with E-state index in [9.17, 15) is 9.59 Å². The molecule has 1 aromatic carbocycles. The van der Waals surface area contributed by atoms with Gasteiger partial charge in [0.15, 0.2) is 0 Å². The van der Waals surface area contributed by atoms with Crippen LogP contribution in [0.3, 0.4) is 0 Å². The Bertz CT molecular complexity index is 649. The number of primary amides is 1. The topological polar surface area (TPSA) is 122 Å². The van der Waals surface area contributed by atoms with Crippen molar-refractivity contribution in [3.05, 3.63) is 48.2 Å². The van der Waals surface area contributed by atoms with Crippen LogP contribution in [0.5, 0.6) is 0 Å². The van der Waals surface area contributed by atoms with Crippen molar-refractivity contribution in [2.75, 3.05) is 0 Å². The van der Waals surface area contributed by atoms with Gasteiger partial charge in [0.05, 0.1) is 0 Å². The second kappa shape index (κ2) is 7.25. The summed E-state index contributed by atoms with van der Waals surface area (Å²) in [5.41, 5.74) is 12.5. The number of hydrogen-bond acceptors (Lipinski definition) is 3. The fraction of sp³-hybridized carbons (Fsp3) is 0.200. The average molecular weight is 289 g/mol. The van der Waals surface area contributed by atoms with E-state index in [1.54, 1.807) is 6.92 Å². The van der Waals surface area contributed by atoms with E-state index in [4.69, 9.17) is 16.6 Å². The van der Waals surface area contributed by atoms with Crippen molar-refractivity contribution < 1.29 is 14.7 Å². The molecule has 0 spiro atoms. The summed E-state index contributed by atoms with van der Waals surface area (Å²) >= 11 is 0. The van der Waals surface area contributed by atoms with Crippen LogP contribution in [0.4, 0.5) is 0 Å². The molecule has 0 unspecified atom stereocenters. The molecule has 6 heteroatoms. The van der Waals surface area contributed by atoms with Crippen molar-refractivity contribution in [1.82, 2.24) is 4.98 Å². The van der Waals surface area contributed by atoms with Crippen molar-refractivity contribution in [3.63, 3.8) is 0 Å². The SMILES string of the molecule is C=C(C)C(N)=O.N[C@H](Cc1c[nH]c2ccccc12)C(=O)O. The molecule has 0 saturated carbocycles. The molecule has 0 radical (unpaired) electrons. The lowest BCUT2D eigenvalue weighted by Crippen LogP contribution is -2.32. The first-order valence-corrected chi connectivity index (χ1v) is 6.31. The Morgan fingerprint density at radius 3 is 2.48 bits per heavy atom. The number of carboxylic acids is 1. The molecule has 1 amide bonds. The molecule has 112 valence electrons. The number of benzene rings is 1. The van der Waals surface area contributed by atoms with Crippen LogP contribution in [0.15, 0.2) is 42.6 Å². The summed E-state index contributed by atoms with van der Waals surface area (Å²) in [6, 6.07) is 6.91. The molecule has 0 aliphatic rings. The second-order valence-corrected chi connectivity index (χ2v) is 4.65. The van der Waals surface area contributed by atoms with Crippen LogP contribution >= 0.6 is 0 Å². The first-order chi connectivity index (χ1) is 9.82. The molecule has 0 fully saturated rings. The third-order valence-corrected chi connectivity index (χ3v) is 2.85. The third kappa shape index (κ3) is 4.77. The minimum atomic E-state index is -0.972. The molecule has 0 bridgehead atoms. The number of H-pyrrole nitrogens is 1. The van der Waals surface area contributed by atoms with Gasteiger partial charge in [-0.05, 0) is 18.6 Å². The van der Waals surface area contributed by atoms with E-state index in [1.165, 1.54) is 0 Å². The summed E-state index contributed by atoms with van der Waals surface area (Å²) in [6.45, 7) is 4.85. The fourth-order valence-corrected chi connectivity index (χ4v) is 1.62. The Kier molecular flexibility index (Phi) is 5.68. The lowest BCUT2D eigenvalue weighted by atomic mass is 10.1. The number of hydrogen-bond donors (Lipinski definition) is 4. The van der Waals surface area contributed by atoms with Gasteiger partial charge in [0, 0.05) is 29.1 Å². The Morgan fingerprint density at radius 1 is 1.38 bits per heavy atom. The smallest absolute Gasteiger partial charge is 0.320 e. The molecule has 21 heavy (non-hydrogen) atoms. The number of carbonyl (C=O) groups excluding carboxylic acids is 1. The van der Waals surface area contributed by atoms with Crippen molar-refractivity contribution in [2.24, 2.45) is 11.5 Å². The number of amides is 1. The number of nitrogens with one attached hydrogen (secondary N) is 1.